The lowest BCUT2D eigenvalue weighted by atomic mass is 10.0. The quantitative estimate of drug-likeness (QED) is 0.919. The van der Waals surface area contributed by atoms with Crippen LogP contribution in [-0.4, -0.2) is 21.5 Å². The van der Waals surface area contributed by atoms with E-state index in [1.807, 2.05) is 10.9 Å². The molecule has 3 rings (SSSR count). The molecule has 0 unspecified atom stereocenters. The SMILES string of the molecule is CCCc1nc(-c2cscn2)nc2c1CCNC2. The largest absolute Gasteiger partial charge is 0.311 e. The standard InChI is InChI=1S/C13H16N4S/c1-2-3-10-9-4-5-14-6-11(9)17-13(16-10)12-7-18-8-15-12/h7-8,14H,2-6H2,1H3. The zero-order chi connectivity index (χ0) is 12.4. The van der Waals surface area contributed by atoms with E-state index in [0.717, 1.165) is 49.6 Å². The average Bonchev–Trinajstić information content (AvgIpc) is 2.93. The lowest BCUT2D eigenvalue weighted by Gasteiger charge is -2.19. The minimum atomic E-state index is 0.780. The number of hydrogen-bond donors (Lipinski definition) is 1. The average molecular weight is 260 g/mol. The van der Waals surface area contributed by atoms with Gasteiger partial charge in [-0.15, -0.1) is 11.3 Å². The van der Waals surface area contributed by atoms with Crippen LogP contribution in [0.5, 0.6) is 0 Å². The highest BCUT2D eigenvalue weighted by molar-refractivity contribution is 7.07. The van der Waals surface area contributed by atoms with Gasteiger partial charge in [0.25, 0.3) is 0 Å². The molecular weight excluding hydrogens is 244 g/mol. The van der Waals surface area contributed by atoms with Gasteiger partial charge in [-0.3, -0.25) is 0 Å². The Balaban J connectivity index is 2.09. The van der Waals surface area contributed by atoms with Crippen molar-refractivity contribution < 1.29 is 0 Å². The number of rotatable bonds is 3. The van der Waals surface area contributed by atoms with Gasteiger partial charge >= 0.3 is 0 Å². The minimum absolute atomic E-state index is 0.780. The molecule has 0 bridgehead atoms. The molecule has 94 valence electrons. The zero-order valence-corrected chi connectivity index (χ0v) is 11.3. The van der Waals surface area contributed by atoms with Gasteiger partial charge in [-0.2, -0.15) is 0 Å². The summed E-state index contributed by atoms with van der Waals surface area (Å²) in [5.41, 5.74) is 6.45. The summed E-state index contributed by atoms with van der Waals surface area (Å²) in [5, 5.41) is 5.38. The topological polar surface area (TPSA) is 50.7 Å². The molecule has 0 fully saturated rings. The van der Waals surface area contributed by atoms with Crippen LogP contribution >= 0.6 is 11.3 Å². The molecule has 0 radical (unpaired) electrons. The molecule has 0 atom stereocenters. The Labute approximate surface area is 111 Å². The van der Waals surface area contributed by atoms with Gasteiger partial charge < -0.3 is 5.32 Å². The highest BCUT2D eigenvalue weighted by Crippen LogP contribution is 2.22. The van der Waals surface area contributed by atoms with Gasteiger partial charge in [-0.1, -0.05) is 13.3 Å². The molecule has 0 aliphatic carbocycles. The van der Waals surface area contributed by atoms with E-state index in [2.05, 4.69) is 22.2 Å². The smallest absolute Gasteiger partial charge is 0.179 e. The maximum atomic E-state index is 4.72. The van der Waals surface area contributed by atoms with Crippen LogP contribution in [0.25, 0.3) is 11.5 Å². The van der Waals surface area contributed by atoms with Crippen molar-refractivity contribution in [3.05, 3.63) is 27.8 Å². The second-order valence-electron chi connectivity index (χ2n) is 4.47. The molecule has 5 heteroatoms. The van der Waals surface area contributed by atoms with Gasteiger partial charge in [-0.05, 0) is 24.9 Å². The first kappa shape index (κ1) is 11.7. The molecule has 4 nitrogen and oxygen atoms in total. The normalized spacial score (nSPS) is 14.5. The Bertz CT molecular complexity index is 536. The Morgan fingerprint density at radius 1 is 1.39 bits per heavy atom. The second kappa shape index (κ2) is 5.12. The summed E-state index contributed by atoms with van der Waals surface area (Å²) in [5.74, 6) is 0.780. The first-order valence-corrected chi connectivity index (χ1v) is 7.30. The van der Waals surface area contributed by atoms with Crippen molar-refractivity contribution in [2.24, 2.45) is 0 Å². The van der Waals surface area contributed by atoms with Crippen molar-refractivity contribution in [2.45, 2.75) is 32.7 Å². The fourth-order valence-corrected chi connectivity index (χ4v) is 2.85. The van der Waals surface area contributed by atoms with Gasteiger partial charge in [0.05, 0.1) is 11.2 Å². The lowest BCUT2D eigenvalue weighted by Crippen LogP contribution is -2.26. The lowest BCUT2D eigenvalue weighted by molar-refractivity contribution is 0.614. The first-order valence-electron chi connectivity index (χ1n) is 6.36. The van der Waals surface area contributed by atoms with E-state index in [1.54, 1.807) is 11.3 Å². The van der Waals surface area contributed by atoms with Crippen LogP contribution in [0, 0.1) is 0 Å². The number of aromatic nitrogens is 3. The van der Waals surface area contributed by atoms with Gasteiger partial charge in [0.1, 0.15) is 5.69 Å². The summed E-state index contributed by atoms with van der Waals surface area (Å²) < 4.78 is 0. The fraction of sp³-hybridized carbons (Fsp3) is 0.462. The van der Waals surface area contributed by atoms with E-state index < -0.39 is 0 Å². The van der Waals surface area contributed by atoms with Crippen molar-refractivity contribution in [3.8, 4) is 11.5 Å². The number of nitrogens with one attached hydrogen (secondary N) is 1. The van der Waals surface area contributed by atoms with E-state index in [4.69, 9.17) is 4.98 Å². The van der Waals surface area contributed by atoms with Crippen molar-refractivity contribution >= 4 is 11.3 Å². The third kappa shape index (κ3) is 2.15. The number of nitrogens with zero attached hydrogens (tertiary/aromatic N) is 3. The van der Waals surface area contributed by atoms with E-state index in [-0.39, 0.29) is 0 Å². The molecule has 3 heterocycles. The van der Waals surface area contributed by atoms with Crippen LogP contribution < -0.4 is 5.32 Å². The highest BCUT2D eigenvalue weighted by atomic mass is 32.1. The molecule has 0 aromatic carbocycles. The third-order valence-electron chi connectivity index (χ3n) is 3.17. The zero-order valence-electron chi connectivity index (χ0n) is 10.4. The minimum Gasteiger partial charge on any atom is -0.311 e. The molecule has 1 N–H and O–H groups in total. The number of thiazole rings is 1. The molecule has 0 amide bonds. The summed E-state index contributed by atoms with van der Waals surface area (Å²) in [4.78, 5) is 13.7. The Morgan fingerprint density at radius 3 is 3.11 bits per heavy atom. The predicted molar refractivity (Wildman–Crippen MR) is 72.5 cm³/mol. The summed E-state index contributed by atoms with van der Waals surface area (Å²) >= 11 is 1.58. The Hall–Kier alpha value is -1.33. The summed E-state index contributed by atoms with van der Waals surface area (Å²) in [7, 11) is 0. The van der Waals surface area contributed by atoms with Gasteiger partial charge in [0.2, 0.25) is 0 Å². The van der Waals surface area contributed by atoms with Crippen molar-refractivity contribution in [2.75, 3.05) is 6.54 Å². The monoisotopic (exact) mass is 260 g/mol. The van der Waals surface area contributed by atoms with Crippen molar-refractivity contribution in [3.63, 3.8) is 0 Å². The Morgan fingerprint density at radius 2 is 2.33 bits per heavy atom. The molecule has 2 aromatic rings. The van der Waals surface area contributed by atoms with E-state index in [0.29, 0.717) is 0 Å². The number of aryl methyl sites for hydroxylation is 1. The maximum absolute atomic E-state index is 4.72. The second-order valence-corrected chi connectivity index (χ2v) is 5.19. The molecule has 0 saturated heterocycles. The molecule has 2 aromatic heterocycles. The first-order chi connectivity index (χ1) is 8.88. The van der Waals surface area contributed by atoms with Crippen molar-refractivity contribution in [1.29, 1.82) is 0 Å². The summed E-state index contributed by atoms with van der Waals surface area (Å²) in [6.45, 7) is 4.08. The molecule has 1 aliphatic rings. The Kier molecular flexibility index (Phi) is 3.34. The van der Waals surface area contributed by atoms with Crippen LogP contribution in [0.2, 0.25) is 0 Å². The molecule has 0 spiro atoms. The molecule has 1 aliphatic heterocycles. The number of fused-ring (bicyclic) bond motifs is 1. The van der Waals surface area contributed by atoms with Crippen LogP contribution in [-0.2, 0) is 19.4 Å². The van der Waals surface area contributed by atoms with E-state index in [1.165, 1.54) is 11.3 Å². The maximum Gasteiger partial charge on any atom is 0.179 e. The third-order valence-corrected chi connectivity index (χ3v) is 3.76. The van der Waals surface area contributed by atoms with Crippen molar-refractivity contribution in [1.82, 2.24) is 20.3 Å². The van der Waals surface area contributed by atoms with Crippen LogP contribution in [0.4, 0.5) is 0 Å². The fourth-order valence-electron chi connectivity index (χ4n) is 2.32. The van der Waals surface area contributed by atoms with Gasteiger partial charge in [0, 0.05) is 17.6 Å². The van der Waals surface area contributed by atoms with Crippen LogP contribution in [0.15, 0.2) is 10.9 Å². The van der Waals surface area contributed by atoms with E-state index in [9.17, 15) is 0 Å². The summed E-state index contributed by atoms with van der Waals surface area (Å²) in [6.07, 6.45) is 3.19. The number of hydrogen-bond acceptors (Lipinski definition) is 5. The predicted octanol–water partition coefficient (Wildman–Crippen LogP) is 2.20. The van der Waals surface area contributed by atoms with Gasteiger partial charge in [-0.25, -0.2) is 15.0 Å². The van der Waals surface area contributed by atoms with Gasteiger partial charge in [0.15, 0.2) is 5.82 Å². The molecular formula is C13H16N4S. The van der Waals surface area contributed by atoms with Crippen LogP contribution in [0.1, 0.15) is 30.3 Å². The van der Waals surface area contributed by atoms with E-state index >= 15 is 0 Å². The molecule has 0 saturated carbocycles. The molecule has 18 heavy (non-hydrogen) atoms. The summed E-state index contributed by atoms with van der Waals surface area (Å²) in [6, 6.07) is 0. The van der Waals surface area contributed by atoms with Crippen LogP contribution in [0.3, 0.4) is 0 Å². The highest BCUT2D eigenvalue weighted by Gasteiger charge is 2.18.